The number of aliphatic hydroxyl groups is 1. The smallest absolute Gasteiger partial charge is 0.290 e. The first kappa shape index (κ1) is 22.6. The van der Waals surface area contributed by atoms with Crippen LogP contribution in [0.1, 0.15) is 55.1 Å². The summed E-state index contributed by atoms with van der Waals surface area (Å²) in [5.41, 5.74) is 3.02. The van der Waals surface area contributed by atoms with Gasteiger partial charge in [0.2, 0.25) is 5.78 Å². The van der Waals surface area contributed by atoms with Gasteiger partial charge >= 0.3 is 0 Å². The second-order valence-corrected chi connectivity index (χ2v) is 13.9. The SMILES string of the molecule is O=C(Cc1nn(C2[C@@H]3CC4C[C@H]2CC(O)(C4)C3)c2c3c(ncc12)CC=C3)C(=O)N1CCS(=O)(=O)CC1. The predicted molar refractivity (Wildman–Crippen MR) is 132 cm³/mol. The third kappa shape index (κ3) is 3.48. The first-order valence-corrected chi connectivity index (χ1v) is 14.8. The second-order valence-electron chi connectivity index (χ2n) is 11.6. The Bertz CT molecular complexity index is 1410. The Hall–Kier alpha value is -2.59. The van der Waals surface area contributed by atoms with Gasteiger partial charge in [0.05, 0.1) is 46.5 Å². The van der Waals surface area contributed by atoms with Crippen LogP contribution in [0.25, 0.3) is 17.0 Å². The van der Waals surface area contributed by atoms with Gasteiger partial charge in [0.25, 0.3) is 5.91 Å². The van der Waals surface area contributed by atoms with Crippen LogP contribution in [-0.2, 0) is 32.3 Å². The van der Waals surface area contributed by atoms with Crippen molar-refractivity contribution in [3.63, 3.8) is 0 Å². The van der Waals surface area contributed by atoms with Crippen molar-refractivity contribution < 1.29 is 23.1 Å². The van der Waals surface area contributed by atoms with Crippen LogP contribution < -0.4 is 0 Å². The van der Waals surface area contributed by atoms with Crippen molar-refractivity contribution in [1.29, 1.82) is 0 Å². The predicted octanol–water partition coefficient (Wildman–Crippen LogP) is 1.48. The standard InChI is InChI=1S/C26H30N4O5S/c31-22(25(32)29-4-6-36(34,35)7-5-29)10-21-19-14-27-20-3-1-2-18(20)24(19)30(28-21)23-16-8-15-9-17(23)13-26(33,11-15)12-16/h1-2,14-17,23,33H,3-13H2/t15?,16-,17+,23?,26?. The van der Waals surface area contributed by atoms with Gasteiger partial charge in [-0.3, -0.25) is 19.3 Å². The Labute approximate surface area is 209 Å². The van der Waals surface area contributed by atoms with E-state index in [2.05, 4.69) is 21.8 Å². The number of carbonyl (C=O) groups is 2. The minimum absolute atomic E-state index is 0.0530. The highest BCUT2D eigenvalue weighted by Gasteiger charge is 2.56. The molecule has 10 heteroatoms. The van der Waals surface area contributed by atoms with Gasteiger partial charge in [0.1, 0.15) is 0 Å². The molecule has 1 N–H and O–H groups in total. The summed E-state index contributed by atoms with van der Waals surface area (Å²) in [5.74, 6) is -0.161. The largest absolute Gasteiger partial charge is 0.390 e. The number of rotatable bonds is 4. The van der Waals surface area contributed by atoms with E-state index in [-0.39, 0.29) is 37.1 Å². The highest BCUT2D eigenvalue weighted by atomic mass is 32.2. The molecule has 1 amide bonds. The van der Waals surface area contributed by atoms with Crippen LogP contribution in [0.3, 0.4) is 0 Å². The zero-order valence-electron chi connectivity index (χ0n) is 20.1. The normalized spacial score (nSPS) is 33.9. The first-order chi connectivity index (χ1) is 17.2. The number of allylic oxidation sites excluding steroid dienone is 1. The molecule has 2 aromatic heterocycles. The van der Waals surface area contributed by atoms with E-state index < -0.39 is 27.1 Å². The first-order valence-electron chi connectivity index (χ1n) is 13.0. The zero-order valence-corrected chi connectivity index (χ0v) is 20.9. The number of amides is 1. The number of nitrogens with zero attached hydrogens (tertiary/aromatic N) is 4. The highest BCUT2D eigenvalue weighted by molar-refractivity contribution is 7.91. The van der Waals surface area contributed by atoms with Crippen molar-refractivity contribution in [2.75, 3.05) is 24.6 Å². The summed E-state index contributed by atoms with van der Waals surface area (Å²) in [6, 6.07) is 0.164. The molecule has 0 radical (unpaired) electrons. The maximum Gasteiger partial charge on any atom is 0.290 e. The fourth-order valence-corrected chi connectivity index (χ4v) is 9.09. The maximum absolute atomic E-state index is 13.1. The molecule has 3 heterocycles. The van der Waals surface area contributed by atoms with Crippen molar-refractivity contribution in [2.45, 2.75) is 56.6 Å². The molecule has 36 heavy (non-hydrogen) atoms. The molecule has 6 aliphatic rings. The van der Waals surface area contributed by atoms with Crippen LogP contribution in [0, 0.1) is 17.8 Å². The fourth-order valence-electron chi connectivity index (χ4n) is 7.89. The molecule has 0 spiro atoms. The number of carbonyl (C=O) groups excluding carboxylic acids is 2. The third-order valence-corrected chi connectivity index (χ3v) is 10.8. The van der Waals surface area contributed by atoms with E-state index in [1.807, 2.05) is 0 Å². The molecule has 4 bridgehead atoms. The number of hydrogen-bond donors (Lipinski definition) is 1. The van der Waals surface area contributed by atoms with Crippen molar-refractivity contribution >= 4 is 38.5 Å². The average molecular weight is 511 g/mol. The molecule has 0 aromatic carbocycles. The van der Waals surface area contributed by atoms with Gasteiger partial charge in [-0.05, 0) is 49.9 Å². The maximum atomic E-state index is 13.1. The van der Waals surface area contributed by atoms with E-state index in [9.17, 15) is 23.1 Å². The molecule has 190 valence electrons. The summed E-state index contributed by atoms with van der Waals surface area (Å²) in [7, 11) is -3.14. The van der Waals surface area contributed by atoms with Gasteiger partial charge in [-0.1, -0.05) is 12.2 Å². The number of pyridine rings is 1. The van der Waals surface area contributed by atoms with E-state index >= 15 is 0 Å². The summed E-state index contributed by atoms with van der Waals surface area (Å²) in [4.78, 5) is 31.9. The minimum Gasteiger partial charge on any atom is -0.390 e. The summed E-state index contributed by atoms with van der Waals surface area (Å²) in [5, 5.41) is 16.9. The van der Waals surface area contributed by atoms with E-state index in [0.29, 0.717) is 23.4 Å². The molecule has 4 saturated carbocycles. The Balaban J connectivity index is 1.24. The van der Waals surface area contributed by atoms with Crippen molar-refractivity contribution in [1.82, 2.24) is 19.7 Å². The number of hydrogen-bond acceptors (Lipinski definition) is 7. The Morgan fingerprint density at radius 3 is 2.53 bits per heavy atom. The summed E-state index contributed by atoms with van der Waals surface area (Å²) in [6.07, 6.45) is 11.3. The lowest BCUT2D eigenvalue weighted by Gasteiger charge is -2.58. The monoisotopic (exact) mass is 510 g/mol. The number of fused-ring (bicyclic) bond motifs is 3. The van der Waals surface area contributed by atoms with Crippen LogP contribution in [0.5, 0.6) is 0 Å². The van der Waals surface area contributed by atoms with E-state index in [1.165, 1.54) is 4.90 Å². The van der Waals surface area contributed by atoms with Crippen LogP contribution >= 0.6 is 0 Å². The molecule has 3 unspecified atom stereocenters. The quantitative estimate of drug-likeness (QED) is 0.618. The second kappa shape index (κ2) is 7.71. The lowest BCUT2D eigenvalue weighted by Crippen LogP contribution is -2.55. The van der Waals surface area contributed by atoms with Gasteiger partial charge in [-0.2, -0.15) is 5.10 Å². The van der Waals surface area contributed by atoms with Gasteiger partial charge in [-0.25, -0.2) is 8.42 Å². The van der Waals surface area contributed by atoms with Crippen LogP contribution in [-0.4, -0.2) is 75.1 Å². The minimum atomic E-state index is -3.14. The highest BCUT2D eigenvalue weighted by Crippen LogP contribution is 2.60. The average Bonchev–Trinajstić information content (AvgIpc) is 3.42. The molecular weight excluding hydrogens is 480 g/mol. The van der Waals surface area contributed by atoms with E-state index in [1.54, 1.807) is 6.20 Å². The Morgan fingerprint density at radius 1 is 1.11 bits per heavy atom. The summed E-state index contributed by atoms with van der Waals surface area (Å²) >= 11 is 0. The van der Waals surface area contributed by atoms with Crippen LogP contribution in [0.4, 0.5) is 0 Å². The van der Waals surface area contributed by atoms with Crippen LogP contribution in [0.15, 0.2) is 12.3 Å². The third-order valence-electron chi connectivity index (χ3n) is 9.21. The fraction of sp³-hybridized carbons (Fsp3) is 0.615. The molecule has 8 rings (SSSR count). The number of ketones is 1. The molecule has 2 aromatic rings. The lowest BCUT2D eigenvalue weighted by atomic mass is 9.52. The molecular formula is C26H30N4O5S. The lowest BCUT2D eigenvalue weighted by molar-refractivity contribution is -0.148. The van der Waals surface area contributed by atoms with Gasteiger partial charge < -0.3 is 10.0 Å². The number of sulfone groups is 1. The van der Waals surface area contributed by atoms with Crippen molar-refractivity contribution in [3.8, 4) is 0 Å². The van der Waals surface area contributed by atoms with Gasteiger partial charge in [-0.15, -0.1) is 0 Å². The summed E-state index contributed by atoms with van der Waals surface area (Å²) < 4.78 is 25.6. The van der Waals surface area contributed by atoms with Gasteiger partial charge in [0.15, 0.2) is 9.84 Å². The molecule has 1 saturated heterocycles. The topological polar surface area (TPSA) is 122 Å². The number of aromatic nitrogens is 3. The van der Waals surface area contributed by atoms with Gasteiger partial charge in [0, 0.05) is 36.7 Å². The molecule has 5 aliphatic carbocycles. The van der Waals surface area contributed by atoms with Crippen molar-refractivity contribution in [2.24, 2.45) is 17.8 Å². The molecule has 5 fully saturated rings. The Morgan fingerprint density at radius 2 is 1.83 bits per heavy atom. The number of Topliss-reactive ketones (excluding diaryl/α,β-unsaturated/α-hetero) is 1. The molecule has 9 nitrogen and oxygen atoms in total. The molecule has 1 aliphatic heterocycles. The zero-order chi connectivity index (χ0) is 24.8. The van der Waals surface area contributed by atoms with Crippen LogP contribution in [0.2, 0.25) is 0 Å². The van der Waals surface area contributed by atoms with Crippen molar-refractivity contribution in [3.05, 3.63) is 29.2 Å². The Kier molecular flexibility index (Phi) is 4.84. The molecule has 5 atom stereocenters. The summed E-state index contributed by atoms with van der Waals surface area (Å²) in [6.45, 7) is 0.106. The van der Waals surface area contributed by atoms with E-state index in [4.69, 9.17) is 5.10 Å². The van der Waals surface area contributed by atoms with E-state index in [0.717, 1.165) is 60.7 Å².